The van der Waals surface area contributed by atoms with Crippen LogP contribution in [0.25, 0.3) is 0 Å². The molecule has 0 radical (unpaired) electrons. The van der Waals surface area contributed by atoms with E-state index in [9.17, 15) is 8.42 Å². The largest absolute Gasteiger partial charge is 0.398 e. The van der Waals surface area contributed by atoms with E-state index >= 15 is 0 Å². The smallest absolute Gasteiger partial charge is 0.240 e. The summed E-state index contributed by atoms with van der Waals surface area (Å²) in [5.74, 6) is 0. The maximum absolute atomic E-state index is 12.3. The van der Waals surface area contributed by atoms with Crippen LogP contribution in [0, 0.1) is 13.8 Å². The van der Waals surface area contributed by atoms with Crippen molar-refractivity contribution in [2.45, 2.75) is 24.8 Å². The Morgan fingerprint density at radius 2 is 2.14 bits per heavy atom. The number of nitrogens with zero attached hydrogens (tertiary/aromatic N) is 1. The minimum Gasteiger partial charge on any atom is -0.398 e. The van der Waals surface area contributed by atoms with E-state index in [0.29, 0.717) is 12.3 Å². The first-order valence-electron chi connectivity index (χ1n) is 6.96. The number of likely N-dealkylation sites (N-methyl/N-ethyl adjacent to an activating group) is 1. The van der Waals surface area contributed by atoms with Crippen molar-refractivity contribution in [3.8, 4) is 0 Å². The van der Waals surface area contributed by atoms with Crippen LogP contribution in [-0.2, 0) is 14.8 Å². The Morgan fingerprint density at radius 3 is 2.76 bits per heavy atom. The number of ether oxygens (including phenoxy) is 1. The lowest BCUT2D eigenvalue weighted by Gasteiger charge is -2.30. The van der Waals surface area contributed by atoms with Crippen LogP contribution >= 0.6 is 0 Å². The minimum atomic E-state index is -3.57. The molecule has 6 nitrogen and oxygen atoms in total. The molecule has 21 heavy (non-hydrogen) atoms. The van der Waals surface area contributed by atoms with Crippen LogP contribution in [0.15, 0.2) is 17.0 Å². The van der Waals surface area contributed by atoms with Gasteiger partial charge in [-0.25, -0.2) is 13.1 Å². The number of sulfonamides is 1. The Kier molecular flexibility index (Phi) is 4.88. The summed E-state index contributed by atoms with van der Waals surface area (Å²) in [6.45, 7) is 6.21. The van der Waals surface area contributed by atoms with Gasteiger partial charge in [0.1, 0.15) is 0 Å². The van der Waals surface area contributed by atoms with E-state index in [-0.39, 0.29) is 17.5 Å². The van der Waals surface area contributed by atoms with E-state index in [4.69, 9.17) is 10.5 Å². The Labute approximate surface area is 126 Å². The zero-order valence-corrected chi connectivity index (χ0v) is 13.5. The lowest BCUT2D eigenvalue weighted by Crippen LogP contribution is -2.45. The Balaban J connectivity index is 2.08. The molecule has 0 aromatic heterocycles. The topological polar surface area (TPSA) is 84.7 Å². The van der Waals surface area contributed by atoms with Crippen LogP contribution in [-0.4, -0.2) is 52.7 Å². The van der Waals surface area contributed by atoms with Crippen LogP contribution < -0.4 is 10.5 Å². The summed E-state index contributed by atoms with van der Waals surface area (Å²) in [5.41, 5.74) is 8.11. The van der Waals surface area contributed by atoms with Gasteiger partial charge in [-0.05, 0) is 44.2 Å². The molecule has 1 aliphatic heterocycles. The maximum Gasteiger partial charge on any atom is 0.240 e. The zero-order chi connectivity index (χ0) is 15.6. The predicted octanol–water partition coefficient (Wildman–Crippen LogP) is 0.495. The van der Waals surface area contributed by atoms with Gasteiger partial charge in [-0.1, -0.05) is 0 Å². The number of rotatable bonds is 4. The van der Waals surface area contributed by atoms with Crippen LogP contribution in [0.5, 0.6) is 0 Å². The molecule has 3 N–H and O–H groups in total. The van der Waals surface area contributed by atoms with Gasteiger partial charge in [0.25, 0.3) is 0 Å². The fourth-order valence-corrected chi connectivity index (χ4v) is 3.47. The number of nitrogens with one attached hydrogen (secondary N) is 1. The molecule has 118 valence electrons. The molecule has 7 heteroatoms. The highest BCUT2D eigenvalue weighted by molar-refractivity contribution is 7.89. The van der Waals surface area contributed by atoms with Crippen molar-refractivity contribution in [3.05, 3.63) is 23.3 Å². The summed E-state index contributed by atoms with van der Waals surface area (Å²) in [6, 6.07) is 3.14. The van der Waals surface area contributed by atoms with Crippen molar-refractivity contribution < 1.29 is 13.2 Å². The Hall–Kier alpha value is -1.15. The summed E-state index contributed by atoms with van der Waals surface area (Å²) in [7, 11) is -1.57. The fourth-order valence-electron chi connectivity index (χ4n) is 2.28. The molecule has 1 atom stereocenters. The van der Waals surface area contributed by atoms with E-state index in [1.807, 2.05) is 20.9 Å². The van der Waals surface area contributed by atoms with E-state index in [2.05, 4.69) is 9.62 Å². The number of aryl methyl sites for hydroxylation is 1. The van der Waals surface area contributed by atoms with Gasteiger partial charge in [0, 0.05) is 25.3 Å². The Morgan fingerprint density at radius 1 is 1.43 bits per heavy atom. The van der Waals surface area contributed by atoms with Crippen molar-refractivity contribution in [1.29, 1.82) is 0 Å². The second-order valence-corrected chi connectivity index (χ2v) is 7.33. The Bertz CT molecular complexity index is 593. The summed E-state index contributed by atoms with van der Waals surface area (Å²) in [4.78, 5) is 2.32. The predicted molar refractivity (Wildman–Crippen MR) is 82.8 cm³/mol. The van der Waals surface area contributed by atoms with Crippen LogP contribution in [0.3, 0.4) is 0 Å². The number of anilines is 1. The monoisotopic (exact) mass is 313 g/mol. The number of hydrogen-bond donors (Lipinski definition) is 2. The summed E-state index contributed by atoms with van der Waals surface area (Å²) >= 11 is 0. The van der Waals surface area contributed by atoms with Gasteiger partial charge in [0.2, 0.25) is 10.0 Å². The molecule has 1 unspecified atom stereocenters. The highest BCUT2D eigenvalue weighted by Crippen LogP contribution is 2.21. The molecule has 1 aliphatic rings. The van der Waals surface area contributed by atoms with Gasteiger partial charge >= 0.3 is 0 Å². The standard InChI is InChI=1S/C14H23N3O3S/c1-10-6-13(7-14(15)11(10)2)21(18,19)16-8-12-9-17(3)4-5-20-12/h6-7,12,16H,4-5,8-9,15H2,1-3H3. The summed E-state index contributed by atoms with van der Waals surface area (Å²) in [6.07, 6.45) is -0.123. The molecule has 1 heterocycles. The van der Waals surface area contributed by atoms with Gasteiger partial charge in [-0.3, -0.25) is 0 Å². The van der Waals surface area contributed by atoms with Crippen molar-refractivity contribution >= 4 is 15.7 Å². The normalized spacial score (nSPS) is 20.6. The molecule has 0 saturated carbocycles. The molecular weight excluding hydrogens is 290 g/mol. The van der Waals surface area contributed by atoms with Crippen LogP contribution in [0.2, 0.25) is 0 Å². The number of hydrogen-bond acceptors (Lipinski definition) is 5. The van der Waals surface area contributed by atoms with Crippen molar-refractivity contribution in [2.24, 2.45) is 0 Å². The molecule has 0 bridgehead atoms. The van der Waals surface area contributed by atoms with Crippen molar-refractivity contribution in [1.82, 2.24) is 9.62 Å². The summed E-state index contributed by atoms with van der Waals surface area (Å²) < 4.78 is 32.8. The van der Waals surface area contributed by atoms with Gasteiger partial charge in [0.15, 0.2) is 0 Å². The maximum atomic E-state index is 12.3. The quantitative estimate of drug-likeness (QED) is 0.791. The highest BCUT2D eigenvalue weighted by atomic mass is 32.2. The number of nitrogens with two attached hydrogens (primary N) is 1. The molecule has 0 aliphatic carbocycles. The van der Waals surface area contributed by atoms with Crippen molar-refractivity contribution in [2.75, 3.05) is 39.0 Å². The molecule has 0 amide bonds. The third kappa shape index (κ3) is 3.94. The lowest BCUT2D eigenvalue weighted by molar-refractivity contribution is -0.0156. The third-order valence-corrected chi connectivity index (χ3v) is 5.24. The first-order valence-corrected chi connectivity index (χ1v) is 8.44. The van der Waals surface area contributed by atoms with Gasteiger partial charge in [-0.15, -0.1) is 0 Å². The molecular formula is C14H23N3O3S. The minimum absolute atomic E-state index is 0.123. The molecule has 1 saturated heterocycles. The van der Waals surface area contributed by atoms with Crippen LogP contribution in [0.1, 0.15) is 11.1 Å². The second kappa shape index (κ2) is 6.31. The number of nitrogen functional groups attached to an aromatic ring is 1. The first kappa shape index (κ1) is 16.2. The second-order valence-electron chi connectivity index (χ2n) is 5.56. The average Bonchev–Trinajstić information content (AvgIpc) is 2.42. The van der Waals surface area contributed by atoms with E-state index in [1.54, 1.807) is 6.07 Å². The zero-order valence-electron chi connectivity index (χ0n) is 12.7. The van der Waals surface area contributed by atoms with Gasteiger partial charge in [-0.2, -0.15) is 0 Å². The van der Waals surface area contributed by atoms with E-state index < -0.39 is 10.0 Å². The van der Waals surface area contributed by atoms with Crippen molar-refractivity contribution in [3.63, 3.8) is 0 Å². The van der Waals surface area contributed by atoms with Gasteiger partial charge < -0.3 is 15.4 Å². The van der Waals surface area contributed by atoms with E-state index in [0.717, 1.165) is 24.2 Å². The highest BCUT2D eigenvalue weighted by Gasteiger charge is 2.22. The fraction of sp³-hybridized carbons (Fsp3) is 0.571. The van der Waals surface area contributed by atoms with E-state index in [1.165, 1.54) is 6.07 Å². The number of morpholine rings is 1. The lowest BCUT2D eigenvalue weighted by atomic mass is 10.1. The molecule has 1 fully saturated rings. The molecule has 1 aromatic carbocycles. The van der Waals surface area contributed by atoms with Crippen LogP contribution in [0.4, 0.5) is 5.69 Å². The molecule has 0 spiro atoms. The van der Waals surface area contributed by atoms with Gasteiger partial charge in [0.05, 0.1) is 17.6 Å². The average molecular weight is 313 g/mol. The SMILES string of the molecule is Cc1cc(S(=O)(=O)NCC2CN(C)CCO2)cc(N)c1C. The molecule has 2 rings (SSSR count). The number of benzene rings is 1. The third-order valence-electron chi connectivity index (χ3n) is 3.83. The first-order chi connectivity index (χ1) is 9.79. The molecule has 1 aromatic rings. The summed E-state index contributed by atoms with van der Waals surface area (Å²) in [5, 5.41) is 0.